The van der Waals surface area contributed by atoms with Gasteiger partial charge in [-0.05, 0) is 19.4 Å². The summed E-state index contributed by atoms with van der Waals surface area (Å²) in [6, 6.07) is 0. The van der Waals surface area contributed by atoms with Crippen molar-refractivity contribution < 1.29 is 4.79 Å². The first kappa shape index (κ1) is 14.5. The van der Waals surface area contributed by atoms with E-state index in [0.29, 0.717) is 18.2 Å². The molecule has 1 aromatic heterocycles. The lowest BCUT2D eigenvalue weighted by molar-refractivity contribution is -0.132. The Morgan fingerprint density at radius 1 is 1.33 bits per heavy atom. The molecule has 2 saturated heterocycles. The smallest absolute Gasteiger partial charge is 0.223 e. The number of rotatable bonds is 4. The summed E-state index contributed by atoms with van der Waals surface area (Å²) >= 11 is 0. The first-order valence-corrected chi connectivity index (χ1v) is 7.89. The Balaban J connectivity index is 1.45. The Morgan fingerprint density at radius 3 is 2.95 bits per heavy atom. The number of piperidine rings is 1. The summed E-state index contributed by atoms with van der Waals surface area (Å²) < 4.78 is 0. The van der Waals surface area contributed by atoms with Gasteiger partial charge in [-0.15, -0.1) is 0 Å². The van der Waals surface area contributed by atoms with Gasteiger partial charge in [-0.1, -0.05) is 0 Å². The highest BCUT2D eigenvalue weighted by Gasteiger charge is 2.24. The highest BCUT2D eigenvalue weighted by atomic mass is 16.2. The van der Waals surface area contributed by atoms with Crippen LogP contribution in [0.15, 0.2) is 6.33 Å². The molecule has 7 heteroatoms. The van der Waals surface area contributed by atoms with Crippen LogP contribution in [-0.4, -0.2) is 76.7 Å². The molecule has 21 heavy (non-hydrogen) atoms. The van der Waals surface area contributed by atoms with E-state index in [-0.39, 0.29) is 0 Å². The molecular formula is C14H24N6O. The highest BCUT2D eigenvalue weighted by Crippen LogP contribution is 2.23. The molecule has 0 bridgehead atoms. The van der Waals surface area contributed by atoms with Crippen LogP contribution in [0.3, 0.4) is 0 Å². The Hall–Kier alpha value is -1.47. The zero-order valence-corrected chi connectivity index (χ0v) is 12.4. The van der Waals surface area contributed by atoms with Crippen molar-refractivity contribution in [2.24, 2.45) is 0 Å². The number of nitrogens with zero attached hydrogens (tertiary/aromatic N) is 4. The summed E-state index contributed by atoms with van der Waals surface area (Å²) in [7, 11) is 0. The van der Waals surface area contributed by atoms with Crippen molar-refractivity contribution in [3.63, 3.8) is 0 Å². The van der Waals surface area contributed by atoms with Gasteiger partial charge < -0.3 is 15.1 Å². The summed E-state index contributed by atoms with van der Waals surface area (Å²) in [5.74, 6) is 1.70. The van der Waals surface area contributed by atoms with Gasteiger partial charge in [0.1, 0.15) is 12.2 Å². The maximum Gasteiger partial charge on any atom is 0.223 e. The number of hydrogen-bond donors (Lipinski definition) is 2. The third-order valence-corrected chi connectivity index (χ3v) is 4.44. The van der Waals surface area contributed by atoms with Crippen LogP contribution >= 0.6 is 0 Å². The van der Waals surface area contributed by atoms with Crippen molar-refractivity contribution in [1.82, 2.24) is 30.3 Å². The maximum absolute atomic E-state index is 12.2. The van der Waals surface area contributed by atoms with Crippen molar-refractivity contribution in [2.45, 2.75) is 25.2 Å². The van der Waals surface area contributed by atoms with Crippen molar-refractivity contribution in [3.8, 4) is 0 Å². The zero-order chi connectivity index (χ0) is 14.5. The number of piperazine rings is 1. The van der Waals surface area contributed by atoms with Gasteiger partial charge in [0.15, 0.2) is 0 Å². The van der Waals surface area contributed by atoms with Gasteiger partial charge in [-0.3, -0.25) is 9.89 Å². The van der Waals surface area contributed by atoms with Crippen molar-refractivity contribution in [2.75, 3.05) is 45.8 Å². The van der Waals surface area contributed by atoms with E-state index >= 15 is 0 Å². The lowest BCUT2D eigenvalue weighted by atomic mass is 9.97. The minimum atomic E-state index is 0.290. The lowest BCUT2D eigenvalue weighted by Crippen LogP contribution is -2.47. The molecule has 2 N–H and O–H groups in total. The molecule has 0 radical (unpaired) electrons. The van der Waals surface area contributed by atoms with Gasteiger partial charge in [0.05, 0.1) is 0 Å². The number of aromatic amines is 1. The molecule has 2 fully saturated rings. The van der Waals surface area contributed by atoms with E-state index in [1.165, 1.54) is 0 Å². The molecule has 0 saturated carbocycles. The van der Waals surface area contributed by atoms with Crippen LogP contribution < -0.4 is 5.32 Å². The summed E-state index contributed by atoms with van der Waals surface area (Å²) in [6.45, 7) is 6.45. The molecule has 3 heterocycles. The van der Waals surface area contributed by atoms with Crippen LogP contribution in [-0.2, 0) is 4.79 Å². The number of hydrogen-bond acceptors (Lipinski definition) is 5. The Morgan fingerprint density at radius 2 is 2.19 bits per heavy atom. The van der Waals surface area contributed by atoms with E-state index in [4.69, 9.17) is 0 Å². The topological polar surface area (TPSA) is 77.2 Å². The van der Waals surface area contributed by atoms with E-state index in [0.717, 1.165) is 64.5 Å². The third kappa shape index (κ3) is 3.79. The number of likely N-dealkylation sites (tertiary alicyclic amines) is 1. The molecule has 7 nitrogen and oxygen atoms in total. The quantitative estimate of drug-likeness (QED) is 0.804. The van der Waals surface area contributed by atoms with Crippen molar-refractivity contribution >= 4 is 5.91 Å². The first-order chi connectivity index (χ1) is 10.3. The van der Waals surface area contributed by atoms with E-state index in [1.54, 1.807) is 6.33 Å². The predicted molar refractivity (Wildman–Crippen MR) is 78.9 cm³/mol. The fourth-order valence-electron chi connectivity index (χ4n) is 3.22. The Bertz CT molecular complexity index is 442. The second-order valence-electron chi connectivity index (χ2n) is 5.89. The van der Waals surface area contributed by atoms with E-state index in [1.807, 2.05) is 4.90 Å². The zero-order valence-electron chi connectivity index (χ0n) is 12.4. The van der Waals surface area contributed by atoms with Crippen LogP contribution in [0.1, 0.15) is 31.0 Å². The molecule has 1 atom stereocenters. The first-order valence-electron chi connectivity index (χ1n) is 7.89. The molecule has 0 aromatic carbocycles. The van der Waals surface area contributed by atoms with Gasteiger partial charge in [-0.2, -0.15) is 5.10 Å². The molecular weight excluding hydrogens is 268 g/mol. The number of H-pyrrole nitrogens is 1. The molecule has 3 rings (SSSR count). The number of amides is 1. The number of aromatic nitrogens is 3. The molecule has 2 aliphatic heterocycles. The Kier molecular flexibility index (Phi) is 4.82. The summed E-state index contributed by atoms with van der Waals surface area (Å²) in [5.41, 5.74) is 0. The second-order valence-corrected chi connectivity index (χ2v) is 5.89. The molecule has 1 unspecified atom stereocenters. The molecule has 1 aromatic rings. The van der Waals surface area contributed by atoms with Gasteiger partial charge >= 0.3 is 0 Å². The SMILES string of the molecule is O=C(CCN1CCCC(c2ncn[nH]2)C1)N1CCNCC1. The van der Waals surface area contributed by atoms with Gasteiger partial charge in [0, 0.05) is 51.6 Å². The van der Waals surface area contributed by atoms with Crippen molar-refractivity contribution in [1.29, 1.82) is 0 Å². The minimum absolute atomic E-state index is 0.290. The van der Waals surface area contributed by atoms with E-state index in [2.05, 4.69) is 25.4 Å². The summed E-state index contributed by atoms with van der Waals surface area (Å²) in [6.07, 6.45) is 4.51. The van der Waals surface area contributed by atoms with Crippen LogP contribution in [0.25, 0.3) is 0 Å². The molecule has 116 valence electrons. The van der Waals surface area contributed by atoms with Crippen molar-refractivity contribution in [3.05, 3.63) is 12.2 Å². The standard InChI is InChI=1S/C14H24N6O/c21-13(20-8-4-15-5-9-20)3-7-19-6-1-2-12(10-19)14-16-11-17-18-14/h11-12,15H,1-10H2,(H,16,17,18). The lowest BCUT2D eigenvalue weighted by Gasteiger charge is -2.32. The monoisotopic (exact) mass is 292 g/mol. The van der Waals surface area contributed by atoms with Gasteiger partial charge in [0.2, 0.25) is 5.91 Å². The average Bonchev–Trinajstić information content (AvgIpc) is 3.08. The molecule has 0 aliphatic carbocycles. The van der Waals surface area contributed by atoms with Crippen LogP contribution in [0.4, 0.5) is 0 Å². The largest absolute Gasteiger partial charge is 0.340 e. The number of carbonyl (C=O) groups is 1. The summed E-state index contributed by atoms with van der Waals surface area (Å²) in [5, 5.41) is 10.2. The molecule has 2 aliphatic rings. The van der Waals surface area contributed by atoms with Gasteiger partial charge in [0.25, 0.3) is 0 Å². The van der Waals surface area contributed by atoms with Crippen LogP contribution in [0.5, 0.6) is 0 Å². The highest BCUT2D eigenvalue weighted by molar-refractivity contribution is 5.76. The predicted octanol–water partition coefficient (Wildman–Crippen LogP) is -0.194. The fraction of sp³-hybridized carbons (Fsp3) is 0.786. The number of carbonyl (C=O) groups excluding carboxylic acids is 1. The Labute approximate surface area is 125 Å². The average molecular weight is 292 g/mol. The van der Waals surface area contributed by atoms with E-state index in [9.17, 15) is 4.79 Å². The third-order valence-electron chi connectivity index (χ3n) is 4.44. The maximum atomic E-state index is 12.2. The number of nitrogens with one attached hydrogen (secondary N) is 2. The van der Waals surface area contributed by atoms with Crippen LogP contribution in [0.2, 0.25) is 0 Å². The normalized spacial score (nSPS) is 24.2. The molecule has 1 amide bonds. The second kappa shape index (κ2) is 7.00. The fourth-order valence-corrected chi connectivity index (χ4v) is 3.22. The van der Waals surface area contributed by atoms with Gasteiger partial charge in [-0.25, -0.2) is 4.98 Å². The van der Waals surface area contributed by atoms with E-state index < -0.39 is 0 Å². The summed E-state index contributed by atoms with van der Waals surface area (Å²) in [4.78, 5) is 20.8. The molecule has 0 spiro atoms. The minimum Gasteiger partial charge on any atom is -0.340 e. The van der Waals surface area contributed by atoms with Crippen LogP contribution in [0, 0.1) is 0 Å².